The number of benzene rings is 1. The van der Waals surface area contributed by atoms with Crippen molar-refractivity contribution in [2.75, 3.05) is 33.2 Å². The van der Waals surface area contributed by atoms with Crippen LogP contribution in [-0.2, 0) is 11.2 Å². The maximum atomic E-state index is 12.3. The third-order valence-electron chi connectivity index (χ3n) is 5.31. The Morgan fingerprint density at radius 2 is 2.10 bits per heavy atom. The second kappa shape index (κ2) is 9.87. The molecule has 1 unspecified atom stereocenters. The molecule has 7 nitrogen and oxygen atoms in total. The Labute approximate surface area is 179 Å². The van der Waals surface area contributed by atoms with Gasteiger partial charge in [-0.25, -0.2) is 4.79 Å². The molecule has 30 heavy (non-hydrogen) atoms. The van der Waals surface area contributed by atoms with Gasteiger partial charge in [-0.15, -0.1) is 0 Å². The van der Waals surface area contributed by atoms with Crippen LogP contribution in [0.2, 0.25) is 0 Å². The molecule has 1 aromatic heterocycles. The first-order valence-corrected chi connectivity index (χ1v) is 10.8. The molecule has 1 amide bonds. The second-order valence-corrected chi connectivity index (χ2v) is 8.92. The first-order valence-electron chi connectivity index (χ1n) is 10.8. The number of amides is 1. The summed E-state index contributed by atoms with van der Waals surface area (Å²) in [5.41, 5.74) is 2.01. The highest BCUT2D eigenvalue weighted by molar-refractivity contribution is 5.83. The van der Waals surface area contributed by atoms with Crippen molar-refractivity contribution < 1.29 is 9.53 Å². The van der Waals surface area contributed by atoms with E-state index in [1.165, 1.54) is 16.5 Å². The van der Waals surface area contributed by atoms with Gasteiger partial charge in [-0.1, -0.05) is 18.2 Å². The lowest BCUT2D eigenvalue weighted by Crippen LogP contribution is -2.47. The van der Waals surface area contributed by atoms with Gasteiger partial charge in [-0.2, -0.15) is 0 Å². The van der Waals surface area contributed by atoms with Crippen molar-refractivity contribution in [2.45, 2.75) is 45.6 Å². The van der Waals surface area contributed by atoms with Crippen LogP contribution in [0.3, 0.4) is 0 Å². The number of carbonyl (C=O) groups excluding carboxylic acids is 1. The Bertz CT molecular complexity index is 868. The van der Waals surface area contributed by atoms with E-state index in [0.717, 1.165) is 44.9 Å². The van der Waals surface area contributed by atoms with E-state index in [0.29, 0.717) is 12.5 Å². The molecule has 0 saturated carbocycles. The normalized spacial score (nSPS) is 17.8. The van der Waals surface area contributed by atoms with Gasteiger partial charge in [-0.3, -0.25) is 4.99 Å². The van der Waals surface area contributed by atoms with Gasteiger partial charge in [0.2, 0.25) is 0 Å². The molecule has 1 aliphatic heterocycles. The van der Waals surface area contributed by atoms with Gasteiger partial charge in [0.1, 0.15) is 5.60 Å². The molecule has 164 valence electrons. The molecule has 2 aromatic rings. The van der Waals surface area contributed by atoms with Crippen LogP contribution in [-0.4, -0.2) is 60.8 Å². The summed E-state index contributed by atoms with van der Waals surface area (Å²) in [6.45, 7) is 8.78. The Balaban J connectivity index is 1.43. The molecular weight excluding hydrogens is 378 g/mol. The van der Waals surface area contributed by atoms with Gasteiger partial charge < -0.3 is 25.3 Å². The molecule has 1 aromatic carbocycles. The highest BCUT2D eigenvalue weighted by atomic mass is 16.6. The van der Waals surface area contributed by atoms with E-state index in [4.69, 9.17) is 4.74 Å². The number of ether oxygens (including phenoxy) is 1. The molecule has 3 rings (SSSR count). The van der Waals surface area contributed by atoms with Gasteiger partial charge in [0.05, 0.1) is 0 Å². The molecule has 0 bridgehead atoms. The van der Waals surface area contributed by atoms with Gasteiger partial charge >= 0.3 is 6.09 Å². The summed E-state index contributed by atoms with van der Waals surface area (Å²) < 4.78 is 5.52. The van der Waals surface area contributed by atoms with Crippen LogP contribution in [0.15, 0.2) is 35.5 Å². The maximum Gasteiger partial charge on any atom is 0.410 e. The van der Waals surface area contributed by atoms with Crippen LogP contribution in [0.5, 0.6) is 0 Å². The SMILES string of the molecule is CN=C(NCCc1c[nH]c2ccccc12)NCC1CCCN(C(=O)OC(C)(C)C)C1. The number of piperidine rings is 1. The lowest BCUT2D eigenvalue weighted by molar-refractivity contribution is 0.0168. The van der Waals surface area contributed by atoms with E-state index >= 15 is 0 Å². The minimum absolute atomic E-state index is 0.214. The van der Waals surface area contributed by atoms with E-state index in [2.05, 4.69) is 45.0 Å². The Morgan fingerprint density at radius 3 is 2.87 bits per heavy atom. The number of nitrogens with zero attached hydrogens (tertiary/aromatic N) is 2. The number of carbonyl (C=O) groups is 1. The zero-order valence-electron chi connectivity index (χ0n) is 18.6. The number of para-hydroxylation sites is 1. The fourth-order valence-electron chi connectivity index (χ4n) is 3.84. The summed E-state index contributed by atoms with van der Waals surface area (Å²) in [5, 5.41) is 8.08. The number of hydrogen-bond donors (Lipinski definition) is 3. The van der Waals surface area contributed by atoms with Crippen molar-refractivity contribution in [1.29, 1.82) is 0 Å². The summed E-state index contributed by atoms with van der Waals surface area (Å²) in [7, 11) is 1.79. The van der Waals surface area contributed by atoms with Crippen molar-refractivity contribution >= 4 is 23.0 Å². The van der Waals surface area contributed by atoms with Crippen molar-refractivity contribution in [1.82, 2.24) is 20.5 Å². The second-order valence-electron chi connectivity index (χ2n) is 8.92. The maximum absolute atomic E-state index is 12.3. The number of aromatic amines is 1. The van der Waals surface area contributed by atoms with Crippen molar-refractivity contribution in [3.8, 4) is 0 Å². The largest absolute Gasteiger partial charge is 0.444 e. The van der Waals surface area contributed by atoms with Crippen molar-refractivity contribution in [3.63, 3.8) is 0 Å². The van der Waals surface area contributed by atoms with Gasteiger partial charge in [0.25, 0.3) is 0 Å². The van der Waals surface area contributed by atoms with Crippen molar-refractivity contribution in [3.05, 3.63) is 36.0 Å². The average Bonchev–Trinajstić information content (AvgIpc) is 3.12. The number of rotatable bonds is 5. The van der Waals surface area contributed by atoms with E-state index < -0.39 is 5.60 Å². The number of aliphatic imine (C=N–C) groups is 1. The highest BCUT2D eigenvalue weighted by Gasteiger charge is 2.27. The third kappa shape index (κ3) is 6.15. The molecule has 7 heteroatoms. The zero-order chi connectivity index (χ0) is 21.6. The molecule has 0 spiro atoms. The van der Waals surface area contributed by atoms with Crippen LogP contribution < -0.4 is 10.6 Å². The number of H-pyrrole nitrogens is 1. The molecule has 3 N–H and O–H groups in total. The first kappa shape index (κ1) is 22.0. The monoisotopic (exact) mass is 413 g/mol. The van der Waals surface area contributed by atoms with Gasteiger partial charge in [0, 0.05) is 50.3 Å². The molecule has 0 aliphatic carbocycles. The number of hydrogen-bond acceptors (Lipinski definition) is 3. The van der Waals surface area contributed by atoms with Crippen LogP contribution in [0.4, 0.5) is 4.79 Å². The number of nitrogens with one attached hydrogen (secondary N) is 3. The predicted molar refractivity (Wildman–Crippen MR) is 122 cm³/mol. The molecule has 1 fully saturated rings. The predicted octanol–water partition coefficient (Wildman–Crippen LogP) is 3.52. The number of guanidine groups is 1. The number of likely N-dealkylation sites (tertiary alicyclic amines) is 1. The third-order valence-corrected chi connectivity index (χ3v) is 5.31. The van der Waals surface area contributed by atoms with E-state index in [1.54, 1.807) is 7.05 Å². The van der Waals surface area contributed by atoms with E-state index in [-0.39, 0.29) is 6.09 Å². The average molecular weight is 414 g/mol. The lowest BCUT2D eigenvalue weighted by Gasteiger charge is -2.34. The topological polar surface area (TPSA) is 81.8 Å². The quantitative estimate of drug-likeness (QED) is 0.517. The fourth-order valence-corrected chi connectivity index (χ4v) is 3.84. The molecular formula is C23H35N5O2. The number of aromatic nitrogens is 1. The van der Waals surface area contributed by atoms with Crippen LogP contribution in [0.1, 0.15) is 39.2 Å². The minimum atomic E-state index is -0.459. The molecule has 1 aliphatic rings. The molecule has 1 saturated heterocycles. The smallest absolute Gasteiger partial charge is 0.410 e. The van der Waals surface area contributed by atoms with Crippen LogP contribution in [0, 0.1) is 5.92 Å². The standard InChI is InChI=1S/C23H35N5O2/c1-23(2,3)30-22(29)28-13-7-8-17(16-28)14-27-21(24-4)25-12-11-18-15-26-20-10-6-5-9-19(18)20/h5-6,9-10,15,17,26H,7-8,11-14,16H2,1-4H3,(H2,24,25,27). The van der Waals surface area contributed by atoms with Crippen LogP contribution in [0.25, 0.3) is 10.9 Å². The zero-order valence-corrected chi connectivity index (χ0v) is 18.6. The first-order chi connectivity index (χ1) is 14.4. The fraction of sp³-hybridized carbons (Fsp3) is 0.565. The van der Waals surface area contributed by atoms with Gasteiger partial charge in [-0.05, 0) is 57.6 Å². The summed E-state index contributed by atoms with van der Waals surface area (Å²) >= 11 is 0. The molecule has 1 atom stereocenters. The van der Waals surface area contributed by atoms with Gasteiger partial charge in [0.15, 0.2) is 5.96 Å². The lowest BCUT2D eigenvalue weighted by atomic mass is 9.98. The van der Waals surface area contributed by atoms with Crippen molar-refractivity contribution in [2.24, 2.45) is 10.9 Å². The van der Waals surface area contributed by atoms with E-state index in [9.17, 15) is 4.79 Å². The summed E-state index contributed by atoms with van der Waals surface area (Å²) in [5.74, 6) is 1.18. The summed E-state index contributed by atoms with van der Waals surface area (Å²) in [6, 6.07) is 8.35. The Kier molecular flexibility index (Phi) is 7.24. The Hall–Kier alpha value is -2.70. The minimum Gasteiger partial charge on any atom is -0.444 e. The molecule has 2 heterocycles. The van der Waals surface area contributed by atoms with Crippen LogP contribution >= 0.6 is 0 Å². The summed E-state index contributed by atoms with van der Waals surface area (Å²) in [6.07, 6.45) is 4.88. The number of fused-ring (bicyclic) bond motifs is 1. The Morgan fingerprint density at radius 1 is 1.30 bits per heavy atom. The van der Waals surface area contributed by atoms with E-state index in [1.807, 2.05) is 31.7 Å². The molecule has 0 radical (unpaired) electrons. The summed E-state index contributed by atoms with van der Waals surface area (Å²) in [4.78, 5) is 21.8. The highest BCUT2D eigenvalue weighted by Crippen LogP contribution is 2.19.